The molecule has 0 amide bonds. The number of hydrogen-bond donors (Lipinski definition) is 0. The Morgan fingerprint density at radius 3 is 2.09 bits per heavy atom. The topological polar surface area (TPSA) is 124 Å². The molecule has 1 aromatic heterocycles. The summed E-state index contributed by atoms with van der Waals surface area (Å²) in [6.45, 7) is 1.42. The van der Waals surface area contributed by atoms with Crippen LogP contribution in [0.1, 0.15) is 23.4 Å². The van der Waals surface area contributed by atoms with Gasteiger partial charge >= 0.3 is 0 Å². The molecule has 0 unspecified atom stereocenters. The van der Waals surface area contributed by atoms with Crippen LogP contribution in [0.15, 0.2) is 77.1 Å². The van der Waals surface area contributed by atoms with Crippen molar-refractivity contribution >= 4 is 72.4 Å². The van der Waals surface area contributed by atoms with E-state index in [4.69, 9.17) is 36.3 Å². The van der Waals surface area contributed by atoms with Crippen LogP contribution in [0.5, 0.6) is 5.75 Å². The minimum Gasteiger partial charge on any atom is -0.485 e. The number of hydrogen-bond acceptors (Lipinski definition) is 11. The van der Waals surface area contributed by atoms with Gasteiger partial charge in [-0.3, -0.25) is 13.4 Å². The summed E-state index contributed by atoms with van der Waals surface area (Å²) in [5, 5.41) is 3.78. The maximum atomic E-state index is 11.3. The van der Waals surface area contributed by atoms with Crippen molar-refractivity contribution < 1.29 is 29.9 Å². The molecule has 0 atom stereocenters. The lowest BCUT2D eigenvalue weighted by atomic mass is 10.1. The molecule has 1 heterocycles. The number of anilines is 1. The smallest absolute Gasteiger partial charge is 0.264 e. The number of nitrogens with zero attached hydrogens (tertiary/aromatic N) is 3. The number of aromatic nitrogens is 1. The predicted molar refractivity (Wildman–Crippen MR) is 185 cm³/mol. The van der Waals surface area contributed by atoms with Crippen LogP contribution in [0, 0.1) is 0 Å². The zero-order valence-electron chi connectivity index (χ0n) is 25.1. The fourth-order valence-corrected chi connectivity index (χ4v) is 6.20. The quantitative estimate of drug-likeness (QED) is 0.0644. The molecule has 15 heteroatoms. The van der Waals surface area contributed by atoms with Crippen molar-refractivity contribution in [3.8, 4) is 17.0 Å². The van der Waals surface area contributed by atoms with E-state index >= 15 is 0 Å². The van der Waals surface area contributed by atoms with Gasteiger partial charge < -0.3 is 9.64 Å². The molecule has 0 aliphatic heterocycles. The standard InChI is InChI=1S/C31H33Cl2N3O7S3/c1-45(37,38)42-17-3-15-36(16-4-18-43-46(2,39)40)27-12-5-23(6-13-27)20-34-26-10-7-24(8-11-26)29-22-44-31(35-29)21-41-30-14-9-25(32)19-28(30)33/h5-14,19-20,22H,3-4,15-18,21H2,1-2H3. The number of thiazole rings is 1. The van der Waals surface area contributed by atoms with Crippen molar-refractivity contribution in [1.82, 2.24) is 4.98 Å². The zero-order chi connectivity index (χ0) is 33.2. The molecule has 0 bridgehead atoms. The average molecular weight is 727 g/mol. The third-order valence-electron chi connectivity index (χ3n) is 6.32. The van der Waals surface area contributed by atoms with E-state index in [9.17, 15) is 16.8 Å². The van der Waals surface area contributed by atoms with Crippen LogP contribution in [0.4, 0.5) is 11.4 Å². The molecule has 0 aliphatic rings. The van der Waals surface area contributed by atoms with Crippen molar-refractivity contribution in [3.63, 3.8) is 0 Å². The number of rotatable bonds is 17. The van der Waals surface area contributed by atoms with Crippen molar-refractivity contribution in [1.29, 1.82) is 0 Å². The Morgan fingerprint density at radius 1 is 0.870 bits per heavy atom. The van der Waals surface area contributed by atoms with Gasteiger partial charge in [-0.2, -0.15) is 16.8 Å². The Kier molecular flexibility index (Phi) is 13.0. The maximum absolute atomic E-state index is 11.3. The van der Waals surface area contributed by atoms with Gasteiger partial charge in [0.2, 0.25) is 0 Å². The summed E-state index contributed by atoms with van der Waals surface area (Å²) in [6, 6.07) is 20.6. The van der Waals surface area contributed by atoms with E-state index in [1.165, 1.54) is 11.3 Å². The molecule has 4 aromatic rings. The molecule has 46 heavy (non-hydrogen) atoms. The minimum atomic E-state index is -3.52. The lowest BCUT2D eigenvalue weighted by Crippen LogP contribution is -2.27. The highest BCUT2D eigenvalue weighted by Gasteiger charge is 2.11. The summed E-state index contributed by atoms with van der Waals surface area (Å²) < 4.78 is 60.6. The van der Waals surface area contributed by atoms with E-state index in [0.29, 0.717) is 48.3 Å². The number of ether oxygens (including phenoxy) is 1. The Bertz CT molecular complexity index is 1790. The van der Waals surface area contributed by atoms with Crippen LogP contribution in [-0.2, 0) is 35.2 Å². The molecule has 4 rings (SSSR count). The van der Waals surface area contributed by atoms with Crippen molar-refractivity contribution in [3.05, 3.63) is 92.7 Å². The Morgan fingerprint density at radius 2 is 1.50 bits per heavy atom. The summed E-state index contributed by atoms with van der Waals surface area (Å²) in [5.74, 6) is 0.547. The van der Waals surface area contributed by atoms with Crippen molar-refractivity contribution in [2.45, 2.75) is 19.4 Å². The Balaban J connectivity index is 1.33. The Labute approximate surface area is 283 Å². The average Bonchev–Trinajstić information content (AvgIpc) is 3.47. The van der Waals surface area contributed by atoms with Crippen LogP contribution in [0.25, 0.3) is 11.3 Å². The van der Waals surface area contributed by atoms with Gasteiger partial charge in [-0.25, -0.2) is 4.98 Å². The molecule has 0 radical (unpaired) electrons. The molecule has 3 aromatic carbocycles. The van der Waals surface area contributed by atoms with Crippen LogP contribution in [0.2, 0.25) is 10.0 Å². The largest absolute Gasteiger partial charge is 0.485 e. The molecule has 0 spiro atoms. The summed E-state index contributed by atoms with van der Waals surface area (Å²) in [7, 11) is -7.04. The normalized spacial score (nSPS) is 12.1. The van der Waals surface area contributed by atoms with Gasteiger partial charge in [-0.1, -0.05) is 47.5 Å². The second-order valence-electron chi connectivity index (χ2n) is 10.1. The highest BCUT2D eigenvalue weighted by molar-refractivity contribution is 7.86. The fraction of sp³-hybridized carbons (Fsp3) is 0.290. The lowest BCUT2D eigenvalue weighted by molar-refractivity contribution is 0.306. The Hall–Kier alpha value is -3.04. The first kappa shape index (κ1) is 35.8. The predicted octanol–water partition coefficient (Wildman–Crippen LogP) is 6.99. The highest BCUT2D eigenvalue weighted by atomic mass is 35.5. The first-order valence-electron chi connectivity index (χ1n) is 14.1. The molecular weight excluding hydrogens is 693 g/mol. The van der Waals surface area contributed by atoms with E-state index in [1.54, 1.807) is 24.4 Å². The summed E-state index contributed by atoms with van der Waals surface area (Å²) >= 11 is 13.6. The first-order valence-corrected chi connectivity index (χ1v) is 19.3. The van der Waals surface area contributed by atoms with E-state index < -0.39 is 20.2 Å². The summed E-state index contributed by atoms with van der Waals surface area (Å²) in [5.41, 5.74) is 4.36. The van der Waals surface area contributed by atoms with Gasteiger partial charge in [-0.15, -0.1) is 11.3 Å². The van der Waals surface area contributed by atoms with Crippen LogP contribution in [-0.4, -0.2) is 66.8 Å². The number of aliphatic imine (C=N–C) groups is 1. The van der Waals surface area contributed by atoms with E-state index in [2.05, 4.69) is 9.98 Å². The fourth-order valence-electron chi connectivity index (χ4n) is 4.18. The van der Waals surface area contributed by atoms with Gasteiger partial charge in [0, 0.05) is 41.0 Å². The van der Waals surface area contributed by atoms with Gasteiger partial charge in [0.25, 0.3) is 20.2 Å². The lowest BCUT2D eigenvalue weighted by Gasteiger charge is -2.25. The van der Waals surface area contributed by atoms with Gasteiger partial charge in [0.15, 0.2) is 0 Å². The van der Waals surface area contributed by atoms with Crippen LogP contribution >= 0.6 is 34.5 Å². The SMILES string of the molecule is CS(=O)(=O)OCCCN(CCCOS(C)(=O)=O)c1ccc(C=Nc2ccc(-c3csc(COc4ccc(Cl)cc4Cl)n3)cc2)cc1. The van der Waals surface area contributed by atoms with Crippen molar-refractivity contribution in [2.24, 2.45) is 4.99 Å². The highest BCUT2D eigenvalue weighted by Crippen LogP contribution is 2.30. The number of halogens is 2. The summed E-state index contributed by atoms with van der Waals surface area (Å²) in [6.07, 6.45) is 4.72. The molecule has 0 saturated carbocycles. The molecule has 10 nitrogen and oxygen atoms in total. The van der Waals surface area contributed by atoms with E-state index in [0.717, 1.165) is 45.7 Å². The van der Waals surface area contributed by atoms with E-state index in [1.807, 2.05) is 58.8 Å². The second kappa shape index (κ2) is 16.7. The summed E-state index contributed by atoms with van der Waals surface area (Å²) in [4.78, 5) is 11.3. The van der Waals surface area contributed by atoms with Gasteiger partial charge in [-0.05, 0) is 60.9 Å². The van der Waals surface area contributed by atoms with Crippen molar-refractivity contribution in [2.75, 3.05) is 43.7 Å². The molecular formula is C31H33Cl2N3O7S3. The molecule has 0 saturated heterocycles. The molecule has 0 fully saturated rings. The third-order valence-corrected chi connectivity index (χ3v) is 8.86. The third kappa shape index (κ3) is 12.3. The van der Waals surface area contributed by atoms with Gasteiger partial charge in [0.1, 0.15) is 17.4 Å². The van der Waals surface area contributed by atoms with Crippen LogP contribution < -0.4 is 9.64 Å². The zero-order valence-corrected chi connectivity index (χ0v) is 29.1. The maximum Gasteiger partial charge on any atom is 0.264 e. The second-order valence-corrected chi connectivity index (χ2v) is 15.2. The molecule has 246 valence electrons. The minimum absolute atomic E-state index is 0.0520. The van der Waals surface area contributed by atoms with Crippen LogP contribution in [0.3, 0.4) is 0 Å². The number of benzene rings is 3. The molecule has 0 aliphatic carbocycles. The van der Waals surface area contributed by atoms with E-state index in [-0.39, 0.29) is 13.2 Å². The first-order chi connectivity index (χ1) is 21.8. The molecule has 0 N–H and O–H groups in total. The van der Waals surface area contributed by atoms with Gasteiger partial charge in [0.05, 0.1) is 42.1 Å². The monoisotopic (exact) mass is 725 g/mol.